The number of hydrogen-bond acceptors (Lipinski definition) is 6. The van der Waals surface area contributed by atoms with E-state index in [0.29, 0.717) is 30.0 Å². The lowest BCUT2D eigenvalue weighted by Gasteiger charge is -2.18. The largest absolute Gasteiger partial charge is 0.306 e. The molecule has 0 saturated heterocycles. The number of rotatable bonds is 7. The predicted molar refractivity (Wildman–Crippen MR) is 124 cm³/mol. The number of hydrogen-bond donors (Lipinski definition) is 1. The molecule has 9 nitrogen and oxygen atoms in total. The highest BCUT2D eigenvalue weighted by atomic mass is 32.2. The van der Waals surface area contributed by atoms with Gasteiger partial charge in [-0.2, -0.15) is 9.40 Å². The maximum absolute atomic E-state index is 13.4. The average Bonchev–Trinajstić information content (AvgIpc) is 3.27. The van der Waals surface area contributed by atoms with Gasteiger partial charge in [-0.25, -0.2) is 25.9 Å². The summed E-state index contributed by atoms with van der Waals surface area (Å²) < 4.78 is 65.6. The van der Waals surface area contributed by atoms with Gasteiger partial charge in [0.1, 0.15) is 11.6 Å². The zero-order chi connectivity index (χ0) is 24.7. The van der Waals surface area contributed by atoms with Gasteiger partial charge in [-0.15, -0.1) is 0 Å². The van der Waals surface area contributed by atoms with Crippen molar-refractivity contribution in [2.75, 3.05) is 18.4 Å². The van der Waals surface area contributed by atoms with Crippen molar-refractivity contribution >= 4 is 31.6 Å². The number of nitrogens with zero attached hydrogens (tertiary/aromatic N) is 3. The lowest BCUT2D eigenvalue weighted by atomic mass is 10.2. The Morgan fingerprint density at radius 3 is 2.26 bits per heavy atom. The summed E-state index contributed by atoms with van der Waals surface area (Å²) in [6, 6.07) is 10.9. The molecule has 1 amide bonds. The summed E-state index contributed by atoms with van der Waals surface area (Å²) in [5.74, 6) is -1.37. The van der Waals surface area contributed by atoms with Gasteiger partial charge in [0.15, 0.2) is 9.84 Å². The number of sulfone groups is 1. The summed E-state index contributed by atoms with van der Waals surface area (Å²) in [4.78, 5) is 13.1. The Balaban J connectivity index is 1.66. The topological polar surface area (TPSA) is 118 Å². The van der Waals surface area contributed by atoms with Crippen LogP contribution in [0.5, 0.6) is 0 Å². The molecular weight excluding hydrogens is 483 g/mol. The van der Waals surface area contributed by atoms with Crippen LogP contribution < -0.4 is 5.32 Å². The summed E-state index contributed by atoms with van der Waals surface area (Å²) >= 11 is 0. The number of carbonyl (C=O) groups excluding carboxylic acids is 1. The molecule has 0 radical (unpaired) electrons. The molecule has 0 bridgehead atoms. The molecule has 0 saturated carbocycles. The predicted octanol–water partition coefficient (Wildman–Crippen LogP) is 2.72. The van der Waals surface area contributed by atoms with Crippen LogP contribution >= 0.6 is 0 Å². The van der Waals surface area contributed by atoms with Gasteiger partial charge >= 0.3 is 0 Å². The van der Waals surface area contributed by atoms with Crippen LogP contribution in [0.1, 0.15) is 35.5 Å². The van der Waals surface area contributed by atoms with Gasteiger partial charge in [0.2, 0.25) is 10.0 Å². The van der Waals surface area contributed by atoms with Crippen molar-refractivity contribution in [3.05, 3.63) is 71.2 Å². The van der Waals surface area contributed by atoms with Gasteiger partial charge in [0.25, 0.3) is 5.91 Å². The number of aromatic nitrogens is 2. The summed E-state index contributed by atoms with van der Waals surface area (Å²) in [6.45, 7) is 4.13. The first-order valence-electron chi connectivity index (χ1n) is 10.5. The Morgan fingerprint density at radius 1 is 1.06 bits per heavy atom. The third-order valence-electron chi connectivity index (χ3n) is 5.55. The molecule has 3 aromatic rings. The van der Waals surface area contributed by atoms with E-state index in [1.807, 2.05) is 0 Å². The second-order valence-electron chi connectivity index (χ2n) is 7.76. The summed E-state index contributed by atoms with van der Waals surface area (Å²) in [7, 11) is -7.06. The first kappa shape index (κ1) is 24.0. The van der Waals surface area contributed by atoms with E-state index in [9.17, 15) is 26.0 Å². The second-order valence-corrected chi connectivity index (χ2v) is 11.8. The molecule has 12 heteroatoms. The molecule has 0 fully saturated rings. The van der Waals surface area contributed by atoms with Crippen LogP contribution in [-0.4, -0.2) is 49.9 Å². The Bertz CT molecular complexity index is 1440. The molecule has 2 heterocycles. The van der Waals surface area contributed by atoms with E-state index in [-0.39, 0.29) is 27.8 Å². The number of benzene rings is 2. The molecule has 180 valence electrons. The van der Waals surface area contributed by atoms with Crippen molar-refractivity contribution in [3.8, 4) is 5.69 Å². The van der Waals surface area contributed by atoms with E-state index < -0.39 is 31.6 Å². The van der Waals surface area contributed by atoms with Crippen LogP contribution in [0.15, 0.2) is 53.4 Å². The monoisotopic (exact) mass is 506 g/mol. The number of fused-ring (bicyclic) bond motifs is 1. The van der Waals surface area contributed by atoms with Crippen LogP contribution in [0.4, 0.5) is 10.2 Å². The van der Waals surface area contributed by atoms with E-state index in [1.165, 1.54) is 57.5 Å². The molecule has 1 N–H and O–H groups in total. The molecule has 0 spiro atoms. The van der Waals surface area contributed by atoms with Gasteiger partial charge in [-0.3, -0.25) is 4.79 Å². The van der Waals surface area contributed by atoms with Crippen LogP contribution in [0.3, 0.4) is 0 Å². The summed E-state index contributed by atoms with van der Waals surface area (Å²) in [6.07, 6.45) is 0. The minimum atomic E-state index is -3.67. The fraction of sp³-hybridized carbons (Fsp3) is 0.273. The quantitative estimate of drug-likeness (QED) is 0.526. The van der Waals surface area contributed by atoms with E-state index >= 15 is 0 Å². The molecule has 1 aliphatic rings. The summed E-state index contributed by atoms with van der Waals surface area (Å²) in [5.41, 5.74) is 1.32. The highest BCUT2D eigenvalue weighted by molar-refractivity contribution is 7.90. The minimum absolute atomic E-state index is 0.0658. The van der Waals surface area contributed by atoms with Crippen LogP contribution in [-0.2, 0) is 31.4 Å². The van der Waals surface area contributed by atoms with E-state index in [2.05, 4.69) is 10.4 Å². The average molecular weight is 507 g/mol. The number of amides is 1. The molecule has 4 rings (SSSR count). The third-order valence-corrected chi connectivity index (χ3v) is 9.06. The lowest BCUT2D eigenvalue weighted by molar-refractivity contribution is 0.102. The molecule has 34 heavy (non-hydrogen) atoms. The summed E-state index contributed by atoms with van der Waals surface area (Å²) in [5, 5.41) is 7.04. The zero-order valence-corrected chi connectivity index (χ0v) is 20.2. The van der Waals surface area contributed by atoms with E-state index in [1.54, 1.807) is 13.8 Å². The number of anilines is 1. The number of carbonyl (C=O) groups is 1. The normalized spacial score (nSPS) is 14.8. The molecule has 1 aliphatic heterocycles. The molecule has 1 aromatic heterocycles. The smallest absolute Gasteiger partial charge is 0.256 e. The van der Waals surface area contributed by atoms with Crippen LogP contribution in [0.2, 0.25) is 0 Å². The van der Waals surface area contributed by atoms with Crippen molar-refractivity contribution in [3.63, 3.8) is 0 Å². The van der Waals surface area contributed by atoms with E-state index in [0.717, 1.165) is 0 Å². The van der Waals surface area contributed by atoms with Crippen LogP contribution in [0, 0.1) is 5.82 Å². The SMILES string of the molecule is CCN(CC)S(=O)(=O)c1ccc(C(=O)Nc2c3c(nn2-c2ccc(F)cc2)CS(=O)(=O)C3)cc1. The minimum Gasteiger partial charge on any atom is -0.306 e. The Kier molecular flexibility index (Phi) is 6.32. The van der Waals surface area contributed by atoms with Gasteiger partial charge in [0.05, 0.1) is 27.8 Å². The molecular formula is C22H23FN4O5S2. The van der Waals surface area contributed by atoms with Crippen molar-refractivity contribution in [1.29, 1.82) is 0 Å². The van der Waals surface area contributed by atoms with Crippen molar-refractivity contribution < 1.29 is 26.0 Å². The molecule has 0 unspecified atom stereocenters. The first-order chi connectivity index (χ1) is 16.1. The van der Waals surface area contributed by atoms with Crippen molar-refractivity contribution in [1.82, 2.24) is 14.1 Å². The van der Waals surface area contributed by atoms with Crippen molar-refractivity contribution in [2.24, 2.45) is 0 Å². The fourth-order valence-corrected chi connectivity index (χ4v) is 6.76. The van der Waals surface area contributed by atoms with Gasteiger partial charge in [-0.1, -0.05) is 13.8 Å². The van der Waals surface area contributed by atoms with Gasteiger partial charge < -0.3 is 5.32 Å². The third kappa shape index (κ3) is 4.48. The zero-order valence-electron chi connectivity index (χ0n) is 18.5. The molecule has 0 aliphatic carbocycles. The Labute approximate surface area is 197 Å². The second kappa shape index (κ2) is 8.93. The molecule has 2 aromatic carbocycles. The number of nitrogens with one attached hydrogen (secondary N) is 1. The van der Waals surface area contributed by atoms with Gasteiger partial charge in [0, 0.05) is 24.2 Å². The Morgan fingerprint density at radius 2 is 1.68 bits per heavy atom. The number of halogens is 1. The standard InChI is InChI=1S/C22H23FN4O5S2/c1-3-26(4-2)34(31,32)18-11-5-15(6-12-18)22(28)24-21-19-13-33(29,30)14-20(19)25-27(21)17-9-7-16(23)8-10-17/h5-12H,3-4,13-14H2,1-2H3,(H,24,28). The van der Waals surface area contributed by atoms with E-state index in [4.69, 9.17) is 0 Å². The highest BCUT2D eigenvalue weighted by Crippen LogP contribution is 2.33. The first-order valence-corrected chi connectivity index (χ1v) is 13.8. The molecule has 0 atom stereocenters. The highest BCUT2D eigenvalue weighted by Gasteiger charge is 2.33. The maximum atomic E-state index is 13.4. The lowest BCUT2D eigenvalue weighted by Crippen LogP contribution is -2.30. The van der Waals surface area contributed by atoms with Crippen LogP contribution in [0.25, 0.3) is 5.69 Å². The van der Waals surface area contributed by atoms with Gasteiger partial charge in [-0.05, 0) is 48.5 Å². The maximum Gasteiger partial charge on any atom is 0.256 e. The Hall–Kier alpha value is -3.09. The number of sulfonamides is 1. The fourth-order valence-electron chi connectivity index (χ4n) is 3.81. The van der Waals surface area contributed by atoms with Crippen molar-refractivity contribution in [2.45, 2.75) is 30.2 Å².